The summed E-state index contributed by atoms with van der Waals surface area (Å²) in [5, 5.41) is 6.62. The molecule has 0 aliphatic carbocycles. The molecule has 1 atom stereocenters. The summed E-state index contributed by atoms with van der Waals surface area (Å²) < 4.78 is 0. The third kappa shape index (κ3) is 6.26. The molecule has 0 unspecified atom stereocenters. The van der Waals surface area contributed by atoms with Crippen LogP contribution in [0.5, 0.6) is 0 Å². The molecule has 0 aliphatic rings. The molecular weight excluding hydrogens is 299 g/mol. The van der Waals surface area contributed by atoms with Gasteiger partial charge in [0.1, 0.15) is 0 Å². The van der Waals surface area contributed by atoms with E-state index in [4.69, 9.17) is 23.2 Å². The minimum Gasteiger partial charge on any atom is -0.356 e. The van der Waals surface area contributed by atoms with Gasteiger partial charge in [0.2, 0.25) is 11.8 Å². The van der Waals surface area contributed by atoms with Gasteiger partial charge in [-0.25, -0.2) is 0 Å². The van der Waals surface area contributed by atoms with Crippen LogP contribution >= 0.6 is 23.2 Å². The van der Waals surface area contributed by atoms with Gasteiger partial charge >= 0.3 is 0 Å². The molecule has 1 aromatic rings. The van der Waals surface area contributed by atoms with Gasteiger partial charge in [0, 0.05) is 36.0 Å². The largest absolute Gasteiger partial charge is 0.356 e. The lowest BCUT2D eigenvalue weighted by atomic mass is 10.1. The molecular formula is C14H18Cl2N2O2. The predicted octanol–water partition coefficient (Wildman–Crippen LogP) is 2.57. The highest BCUT2D eigenvalue weighted by atomic mass is 35.5. The van der Waals surface area contributed by atoms with Gasteiger partial charge in [0.15, 0.2) is 0 Å². The van der Waals surface area contributed by atoms with Crippen LogP contribution in [-0.2, 0) is 16.0 Å². The van der Waals surface area contributed by atoms with Crippen LogP contribution in [0, 0.1) is 0 Å². The van der Waals surface area contributed by atoms with Crippen LogP contribution in [0.4, 0.5) is 0 Å². The number of rotatable bonds is 6. The maximum atomic E-state index is 11.6. The maximum Gasteiger partial charge on any atom is 0.221 e. The number of carbonyl (C=O) groups is 2. The molecule has 0 spiro atoms. The minimum atomic E-state index is -0.140. The number of benzene rings is 1. The van der Waals surface area contributed by atoms with Crippen LogP contribution in [-0.4, -0.2) is 24.4 Å². The van der Waals surface area contributed by atoms with Crippen LogP contribution in [0.3, 0.4) is 0 Å². The zero-order chi connectivity index (χ0) is 15.1. The van der Waals surface area contributed by atoms with Crippen LogP contribution in [0.2, 0.25) is 10.0 Å². The fourth-order valence-corrected chi connectivity index (χ4v) is 2.25. The van der Waals surface area contributed by atoms with E-state index in [-0.39, 0.29) is 24.3 Å². The molecule has 1 aromatic carbocycles. The van der Waals surface area contributed by atoms with Crippen LogP contribution in [0.1, 0.15) is 25.8 Å². The lowest BCUT2D eigenvalue weighted by molar-refractivity contribution is -0.122. The molecule has 1 rings (SSSR count). The predicted molar refractivity (Wildman–Crippen MR) is 81.1 cm³/mol. The normalized spacial score (nSPS) is 11.8. The Morgan fingerprint density at radius 2 is 2.00 bits per heavy atom. The molecule has 110 valence electrons. The number of hydrogen-bond acceptors (Lipinski definition) is 2. The Hall–Kier alpha value is -1.26. The highest BCUT2D eigenvalue weighted by Crippen LogP contribution is 2.22. The lowest BCUT2D eigenvalue weighted by Gasteiger charge is -2.15. The Bertz CT molecular complexity index is 492. The molecule has 0 saturated carbocycles. The first-order chi connectivity index (χ1) is 9.38. The Balaban J connectivity index is 2.41. The monoisotopic (exact) mass is 316 g/mol. The Kier molecular flexibility index (Phi) is 6.82. The van der Waals surface area contributed by atoms with E-state index in [0.29, 0.717) is 23.0 Å². The number of hydrogen-bond donors (Lipinski definition) is 2. The average Bonchev–Trinajstić information content (AvgIpc) is 2.32. The van der Waals surface area contributed by atoms with E-state index in [2.05, 4.69) is 10.6 Å². The second-order valence-electron chi connectivity index (χ2n) is 4.64. The minimum absolute atomic E-state index is 0.0431. The second-order valence-corrected chi connectivity index (χ2v) is 5.49. The second kappa shape index (κ2) is 8.12. The van der Waals surface area contributed by atoms with Gasteiger partial charge in [0.05, 0.1) is 0 Å². The van der Waals surface area contributed by atoms with Crippen molar-refractivity contribution < 1.29 is 9.59 Å². The maximum absolute atomic E-state index is 11.6. The van der Waals surface area contributed by atoms with Crippen molar-refractivity contribution in [1.29, 1.82) is 0 Å². The molecule has 0 radical (unpaired) electrons. The summed E-state index contributed by atoms with van der Waals surface area (Å²) in [5.74, 6) is -0.241. The summed E-state index contributed by atoms with van der Waals surface area (Å²) in [6, 6.07) is 5.26. The van der Waals surface area contributed by atoms with E-state index >= 15 is 0 Å². The van der Waals surface area contributed by atoms with Crippen molar-refractivity contribution in [2.75, 3.05) is 6.54 Å². The molecule has 0 saturated heterocycles. The lowest BCUT2D eigenvalue weighted by Crippen LogP contribution is -2.36. The van der Waals surface area contributed by atoms with Gasteiger partial charge in [0.25, 0.3) is 0 Å². The van der Waals surface area contributed by atoms with Crippen LogP contribution < -0.4 is 10.6 Å². The Morgan fingerprint density at radius 3 is 2.60 bits per heavy atom. The van der Waals surface area contributed by atoms with Crippen molar-refractivity contribution in [2.24, 2.45) is 0 Å². The fourth-order valence-electron chi connectivity index (χ4n) is 1.77. The molecule has 4 nitrogen and oxygen atoms in total. The summed E-state index contributed by atoms with van der Waals surface area (Å²) in [7, 11) is 0. The van der Waals surface area contributed by atoms with Crippen molar-refractivity contribution in [1.82, 2.24) is 10.6 Å². The van der Waals surface area contributed by atoms with Crippen molar-refractivity contribution >= 4 is 35.0 Å². The first kappa shape index (κ1) is 16.8. The van der Waals surface area contributed by atoms with Gasteiger partial charge < -0.3 is 10.6 Å². The zero-order valence-corrected chi connectivity index (χ0v) is 13.0. The first-order valence-electron chi connectivity index (χ1n) is 6.36. The summed E-state index contributed by atoms with van der Waals surface area (Å²) in [5.41, 5.74) is 0.936. The number of halogens is 2. The molecule has 2 N–H and O–H groups in total. The van der Waals surface area contributed by atoms with Crippen molar-refractivity contribution in [3.63, 3.8) is 0 Å². The molecule has 0 heterocycles. The standard InChI is InChI=1S/C14H18Cl2N2O2/c1-9(18-14(20)5-6-17-10(2)19)7-11-3-4-12(15)8-13(11)16/h3-4,8-9H,5-7H2,1-2H3,(H,17,19)(H,18,20)/t9-/m1/s1. The topological polar surface area (TPSA) is 58.2 Å². The van der Waals surface area contributed by atoms with Gasteiger partial charge in [-0.15, -0.1) is 0 Å². The molecule has 0 bridgehead atoms. The van der Waals surface area contributed by atoms with Crippen molar-refractivity contribution in [2.45, 2.75) is 32.7 Å². The van der Waals surface area contributed by atoms with E-state index in [1.165, 1.54) is 6.92 Å². The van der Waals surface area contributed by atoms with E-state index in [1.54, 1.807) is 12.1 Å². The highest BCUT2D eigenvalue weighted by Gasteiger charge is 2.10. The van der Waals surface area contributed by atoms with E-state index in [1.807, 2.05) is 13.0 Å². The van der Waals surface area contributed by atoms with Crippen molar-refractivity contribution in [3.8, 4) is 0 Å². The SMILES string of the molecule is CC(=O)NCCC(=O)N[C@H](C)Cc1ccc(Cl)cc1Cl. The Morgan fingerprint density at radius 1 is 1.30 bits per heavy atom. The third-order valence-electron chi connectivity index (χ3n) is 2.67. The fraction of sp³-hybridized carbons (Fsp3) is 0.429. The van der Waals surface area contributed by atoms with Gasteiger partial charge in [-0.1, -0.05) is 29.3 Å². The Labute approximate surface area is 128 Å². The van der Waals surface area contributed by atoms with Crippen molar-refractivity contribution in [3.05, 3.63) is 33.8 Å². The molecule has 0 aromatic heterocycles. The van der Waals surface area contributed by atoms with Gasteiger partial charge in [-0.3, -0.25) is 9.59 Å². The van der Waals surface area contributed by atoms with Gasteiger partial charge in [-0.05, 0) is 31.0 Å². The summed E-state index contributed by atoms with van der Waals surface area (Å²) >= 11 is 11.9. The summed E-state index contributed by atoms with van der Waals surface area (Å²) in [6.45, 7) is 3.67. The molecule has 2 amide bonds. The zero-order valence-electron chi connectivity index (χ0n) is 11.5. The molecule has 20 heavy (non-hydrogen) atoms. The van der Waals surface area contributed by atoms with Crippen LogP contribution in [0.25, 0.3) is 0 Å². The summed E-state index contributed by atoms with van der Waals surface area (Å²) in [4.78, 5) is 22.3. The quantitative estimate of drug-likeness (QED) is 0.847. The third-order valence-corrected chi connectivity index (χ3v) is 3.26. The number of amides is 2. The number of nitrogens with one attached hydrogen (secondary N) is 2. The summed E-state index contributed by atoms with van der Waals surface area (Å²) in [6.07, 6.45) is 0.889. The highest BCUT2D eigenvalue weighted by molar-refractivity contribution is 6.35. The van der Waals surface area contributed by atoms with Gasteiger partial charge in [-0.2, -0.15) is 0 Å². The van der Waals surface area contributed by atoms with E-state index in [0.717, 1.165) is 5.56 Å². The molecule has 0 aliphatic heterocycles. The number of carbonyl (C=O) groups excluding carboxylic acids is 2. The van der Waals surface area contributed by atoms with E-state index in [9.17, 15) is 9.59 Å². The molecule has 6 heteroatoms. The van der Waals surface area contributed by atoms with E-state index < -0.39 is 0 Å². The smallest absolute Gasteiger partial charge is 0.221 e. The average molecular weight is 317 g/mol. The van der Waals surface area contributed by atoms with Crippen LogP contribution in [0.15, 0.2) is 18.2 Å². The molecule has 0 fully saturated rings. The first-order valence-corrected chi connectivity index (χ1v) is 7.12.